The highest BCUT2D eigenvalue weighted by molar-refractivity contribution is 7.91. The van der Waals surface area contributed by atoms with Gasteiger partial charge < -0.3 is 4.90 Å². The minimum absolute atomic E-state index is 0.0488. The third kappa shape index (κ3) is 3.09. The van der Waals surface area contributed by atoms with Crippen LogP contribution in [-0.4, -0.2) is 67.3 Å². The zero-order chi connectivity index (χ0) is 16.8. The molecule has 2 saturated heterocycles. The standard InChI is InChI=1S/C15H18ClFN2O3S/c1-2-18-5-6-19(14-9-23(21,22)8-13(14)18)15(20)11-7-10(17)3-4-12(11)16/h3-4,7,13-14H,2,5-6,8-9H2,1H3/t13-,14+/m0/s1. The minimum atomic E-state index is -3.18. The van der Waals surface area contributed by atoms with E-state index in [1.807, 2.05) is 6.92 Å². The Morgan fingerprint density at radius 2 is 2.00 bits per heavy atom. The molecule has 0 N–H and O–H groups in total. The number of rotatable bonds is 2. The van der Waals surface area contributed by atoms with Crippen molar-refractivity contribution in [3.05, 3.63) is 34.6 Å². The summed E-state index contributed by atoms with van der Waals surface area (Å²) in [4.78, 5) is 16.4. The van der Waals surface area contributed by atoms with Crippen molar-refractivity contribution in [1.29, 1.82) is 0 Å². The summed E-state index contributed by atoms with van der Waals surface area (Å²) in [5.74, 6) is -0.933. The highest BCUT2D eigenvalue weighted by Crippen LogP contribution is 2.29. The van der Waals surface area contributed by atoms with Gasteiger partial charge in [-0.1, -0.05) is 18.5 Å². The van der Waals surface area contributed by atoms with E-state index < -0.39 is 27.6 Å². The number of hydrogen-bond donors (Lipinski definition) is 0. The molecule has 5 nitrogen and oxygen atoms in total. The van der Waals surface area contributed by atoms with Gasteiger partial charge in [-0.15, -0.1) is 0 Å². The van der Waals surface area contributed by atoms with Gasteiger partial charge in [0, 0.05) is 19.1 Å². The fourth-order valence-electron chi connectivity index (χ4n) is 3.49. The lowest BCUT2D eigenvalue weighted by Gasteiger charge is -2.43. The van der Waals surface area contributed by atoms with E-state index in [1.54, 1.807) is 4.90 Å². The Morgan fingerprint density at radius 3 is 2.70 bits per heavy atom. The Labute approximate surface area is 139 Å². The Balaban J connectivity index is 1.93. The number of carbonyl (C=O) groups excluding carboxylic acids is 1. The summed E-state index contributed by atoms with van der Waals surface area (Å²) in [5, 5.41) is 0.173. The van der Waals surface area contributed by atoms with Crippen LogP contribution in [0, 0.1) is 5.82 Å². The van der Waals surface area contributed by atoms with Crippen molar-refractivity contribution >= 4 is 27.3 Å². The van der Waals surface area contributed by atoms with Crippen LogP contribution in [0.4, 0.5) is 4.39 Å². The molecule has 1 aromatic rings. The molecule has 0 spiro atoms. The van der Waals surface area contributed by atoms with Crippen molar-refractivity contribution in [2.75, 3.05) is 31.1 Å². The summed E-state index contributed by atoms with van der Waals surface area (Å²) in [6.45, 7) is 3.73. The van der Waals surface area contributed by atoms with Crippen LogP contribution in [0.25, 0.3) is 0 Å². The zero-order valence-corrected chi connectivity index (χ0v) is 14.3. The molecule has 2 heterocycles. The summed E-state index contributed by atoms with van der Waals surface area (Å²) in [6.07, 6.45) is 0. The molecular formula is C15H18ClFN2O3S. The van der Waals surface area contributed by atoms with Crippen LogP contribution in [0.15, 0.2) is 18.2 Å². The molecule has 2 fully saturated rings. The molecule has 0 aromatic heterocycles. The molecule has 2 atom stereocenters. The molecular weight excluding hydrogens is 343 g/mol. The predicted octanol–water partition coefficient (Wildman–Crippen LogP) is 1.42. The maximum absolute atomic E-state index is 13.4. The topological polar surface area (TPSA) is 57.7 Å². The van der Waals surface area contributed by atoms with Gasteiger partial charge in [0.05, 0.1) is 28.1 Å². The van der Waals surface area contributed by atoms with Crippen LogP contribution >= 0.6 is 11.6 Å². The average molecular weight is 361 g/mol. The number of halogens is 2. The molecule has 0 bridgehead atoms. The summed E-state index contributed by atoms with van der Waals surface area (Å²) >= 11 is 6.02. The molecule has 2 aliphatic rings. The monoisotopic (exact) mass is 360 g/mol. The van der Waals surface area contributed by atoms with E-state index in [1.165, 1.54) is 12.1 Å². The summed E-state index contributed by atoms with van der Waals surface area (Å²) in [7, 11) is -3.18. The normalized spacial score (nSPS) is 27.0. The van der Waals surface area contributed by atoms with Crippen molar-refractivity contribution < 1.29 is 17.6 Å². The fraction of sp³-hybridized carbons (Fsp3) is 0.533. The average Bonchev–Trinajstić information content (AvgIpc) is 2.82. The third-order valence-electron chi connectivity index (χ3n) is 4.62. The number of benzene rings is 1. The van der Waals surface area contributed by atoms with E-state index in [2.05, 4.69) is 4.90 Å². The number of sulfone groups is 1. The van der Waals surface area contributed by atoms with E-state index in [0.717, 1.165) is 12.6 Å². The van der Waals surface area contributed by atoms with Crippen LogP contribution in [-0.2, 0) is 9.84 Å². The van der Waals surface area contributed by atoms with Gasteiger partial charge in [0.15, 0.2) is 9.84 Å². The molecule has 0 aliphatic carbocycles. The summed E-state index contributed by atoms with van der Waals surface area (Å²) < 4.78 is 37.5. The molecule has 0 saturated carbocycles. The number of fused-ring (bicyclic) bond motifs is 1. The Morgan fingerprint density at radius 1 is 1.30 bits per heavy atom. The van der Waals surface area contributed by atoms with E-state index in [0.29, 0.717) is 13.1 Å². The first kappa shape index (κ1) is 16.7. The highest BCUT2D eigenvalue weighted by Gasteiger charge is 2.47. The van der Waals surface area contributed by atoms with Gasteiger partial charge in [0.1, 0.15) is 5.82 Å². The number of piperazine rings is 1. The van der Waals surface area contributed by atoms with Crippen LogP contribution < -0.4 is 0 Å². The number of hydrogen-bond acceptors (Lipinski definition) is 4. The third-order valence-corrected chi connectivity index (χ3v) is 6.65. The number of likely N-dealkylation sites (N-methyl/N-ethyl adjacent to an activating group) is 1. The van der Waals surface area contributed by atoms with Crippen LogP contribution in [0.5, 0.6) is 0 Å². The lowest BCUT2D eigenvalue weighted by Crippen LogP contribution is -2.60. The fourth-order valence-corrected chi connectivity index (χ4v) is 5.70. The molecule has 0 radical (unpaired) electrons. The molecule has 0 unspecified atom stereocenters. The van der Waals surface area contributed by atoms with E-state index in [4.69, 9.17) is 11.6 Å². The van der Waals surface area contributed by atoms with Gasteiger partial charge in [-0.25, -0.2) is 12.8 Å². The number of amides is 1. The van der Waals surface area contributed by atoms with Crippen molar-refractivity contribution in [2.24, 2.45) is 0 Å². The van der Waals surface area contributed by atoms with Gasteiger partial charge in [0.25, 0.3) is 5.91 Å². The second-order valence-electron chi connectivity index (χ2n) is 5.96. The minimum Gasteiger partial charge on any atom is -0.332 e. The summed E-state index contributed by atoms with van der Waals surface area (Å²) in [5.41, 5.74) is 0.0830. The molecule has 8 heteroatoms. The highest BCUT2D eigenvalue weighted by atomic mass is 35.5. The lowest BCUT2D eigenvalue weighted by molar-refractivity contribution is 0.0349. The Hall–Kier alpha value is -1.18. The van der Waals surface area contributed by atoms with Crippen LogP contribution in [0.2, 0.25) is 5.02 Å². The quantitative estimate of drug-likeness (QED) is 0.800. The molecule has 1 amide bonds. The number of carbonyl (C=O) groups is 1. The zero-order valence-electron chi connectivity index (χ0n) is 12.7. The smallest absolute Gasteiger partial charge is 0.255 e. The van der Waals surface area contributed by atoms with Crippen LogP contribution in [0.3, 0.4) is 0 Å². The molecule has 126 valence electrons. The first-order valence-corrected chi connectivity index (χ1v) is 9.73. The van der Waals surface area contributed by atoms with E-state index >= 15 is 0 Å². The van der Waals surface area contributed by atoms with Crippen molar-refractivity contribution in [2.45, 2.75) is 19.0 Å². The number of nitrogens with zero attached hydrogens (tertiary/aromatic N) is 2. The second kappa shape index (κ2) is 6.03. The molecule has 3 rings (SSSR count). The Kier molecular flexibility index (Phi) is 4.37. The van der Waals surface area contributed by atoms with Gasteiger partial charge >= 0.3 is 0 Å². The van der Waals surface area contributed by atoms with Crippen molar-refractivity contribution in [3.8, 4) is 0 Å². The van der Waals surface area contributed by atoms with Gasteiger partial charge in [0.2, 0.25) is 0 Å². The predicted molar refractivity (Wildman–Crippen MR) is 85.9 cm³/mol. The van der Waals surface area contributed by atoms with Crippen LogP contribution in [0.1, 0.15) is 17.3 Å². The maximum Gasteiger partial charge on any atom is 0.255 e. The first-order valence-electron chi connectivity index (χ1n) is 7.53. The largest absolute Gasteiger partial charge is 0.332 e. The van der Waals surface area contributed by atoms with Gasteiger partial charge in [-0.05, 0) is 24.7 Å². The molecule has 2 aliphatic heterocycles. The van der Waals surface area contributed by atoms with E-state index in [9.17, 15) is 17.6 Å². The summed E-state index contributed by atoms with van der Waals surface area (Å²) in [6, 6.07) is 3.04. The van der Waals surface area contributed by atoms with Gasteiger partial charge in [-0.3, -0.25) is 9.69 Å². The second-order valence-corrected chi connectivity index (χ2v) is 8.52. The Bertz CT molecular complexity index is 740. The van der Waals surface area contributed by atoms with E-state index in [-0.39, 0.29) is 28.1 Å². The first-order chi connectivity index (χ1) is 10.8. The van der Waals surface area contributed by atoms with Crippen molar-refractivity contribution in [3.63, 3.8) is 0 Å². The molecule has 23 heavy (non-hydrogen) atoms. The molecule has 1 aromatic carbocycles. The SMILES string of the molecule is CCN1CCN(C(=O)c2cc(F)ccc2Cl)[C@@H]2CS(=O)(=O)C[C@@H]21. The lowest BCUT2D eigenvalue weighted by atomic mass is 10.0. The van der Waals surface area contributed by atoms with Crippen molar-refractivity contribution in [1.82, 2.24) is 9.80 Å². The van der Waals surface area contributed by atoms with Gasteiger partial charge in [-0.2, -0.15) is 0 Å². The maximum atomic E-state index is 13.4.